The smallest absolute Gasteiger partial charge is 0.333 e. The Kier molecular flexibility index (Phi) is 9.57. The van der Waals surface area contributed by atoms with Crippen molar-refractivity contribution in [3.63, 3.8) is 0 Å². The molecule has 68 heavy (non-hydrogen) atoms. The van der Waals surface area contributed by atoms with Gasteiger partial charge in [0.15, 0.2) is 0 Å². The van der Waals surface area contributed by atoms with Crippen LogP contribution in [0.3, 0.4) is 0 Å². The van der Waals surface area contributed by atoms with E-state index in [0.717, 1.165) is 25.7 Å². The Hall–Kier alpha value is -6.58. The summed E-state index contributed by atoms with van der Waals surface area (Å²) in [6.45, 7) is 22.1. The molecule has 0 aromatic heterocycles. The highest BCUT2D eigenvalue weighted by Crippen LogP contribution is 2.55. The molecule has 2 aliphatic carbocycles. The fourth-order valence-electron chi connectivity index (χ4n) is 12.6. The zero-order chi connectivity index (χ0) is 46.9. The lowest BCUT2D eigenvalue weighted by molar-refractivity contribution is 0.332. The summed E-state index contributed by atoms with van der Waals surface area (Å²) in [5.74, 6) is 0. The number of hydrogen-bond acceptors (Lipinski definition) is 2. The van der Waals surface area contributed by atoms with Crippen LogP contribution in [-0.2, 0) is 21.7 Å². The van der Waals surface area contributed by atoms with Gasteiger partial charge in [-0.2, -0.15) is 0 Å². The fourth-order valence-corrected chi connectivity index (χ4v) is 12.6. The molecule has 3 heteroatoms. The predicted octanol–water partition coefficient (Wildman–Crippen LogP) is 16.4. The van der Waals surface area contributed by atoms with E-state index in [1.165, 1.54) is 112 Å². The molecule has 8 aromatic carbocycles. The van der Waals surface area contributed by atoms with Gasteiger partial charge in [0.1, 0.15) is 0 Å². The Morgan fingerprint density at radius 1 is 0.368 bits per heavy atom. The Labute approximate surface area is 405 Å². The molecule has 2 heterocycles. The van der Waals surface area contributed by atoms with Crippen LogP contribution in [0.2, 0.25) is 0 Å². The van der Waals surface area contributed by atoms with Gasteiger partial charge in [0.25, 0.3) is 0 Å². The van der Waals surface area contributed by atoms with E-state index in [9.17, 15) is 0 Å². The molecule has 0 N–H and O–H groups in total. The van der Waals surface area contributed by atoms with Crippen molar-refractivity contribution in [2.75, 3.05) is 9.71 Å². The van der Waals surface area contributed by atoms with Crippen LogP contribution in [0.25, 0.3) is 44.5 Å². The zero-order valence-electron chi connectivity index (χ0n) is 41.5. The third-order valence-electron chi connectivity index (χ3n) is 16.9. The molecule has 0 saturated heterocycles. The molecule has 12 rings (SSSR count). The maximum Gasteiger partial charge on any atom is 0.333 e. The Morgan fingerprint density at radius 3 is 1.37 bits per heavy atom. The van der Waals surface area contributed by atoms with E-state index < -0.39 is 0 Å². The largest absolute Gasteiger partial charge is 0.376 e. The van der Waals surface area contributed by atoms with E-state index in [0.29, 0.717) is 0 Å². The molecule has 0 amide bonds. The predicted molar refractivity (Wildman–Crippen MR) is 292 cm³/mol. The first-order chi connectivity index (χ1) is 32.6. The number of hydrogen-bond donors (Lipinski definition) is 0. The third kappa shape index (κ3) is 6.67. The summed E-state index contributed by atoms with van der Waals surface area (Å²) in [7, 11) is 0. The van der Waals surface area contributed by atoms with Crippen molar-refractivity contribution in [3.8, 4) is 44.5 Å². The van der Waals surface area contributed by atoms with E-state index in [-0.39, 0.29) is 28.5 Å². The highest BCUT2D eigenvalue weighted by Gasteiger charge is 2.49. The topological polar surface area (TPSA) is 6.48 Å². The van der Waals surface area contributed by atoms with E-state index in [4.69, 9.17) is 0 Å². The number of anilines is 5. The van der Waals surface area contributed by atoms with Gasteiger partial charge in [-0.3, -0.25) is 0 Å². The summed E-state index contributed by atoms with van der Waals surface area (Å²) < 4.78 is 0. The van der Waals surface area contributed by atoms with Crippen LogP contribution in [0.15, 0.2) is 170 Å². The fraction of sp³-hybridized carbons (Fsp3) is 0.262. The minimum Gasteiger partial charge on any atom is -0.376 e. The maximum atomic E-state index is 2.75. The second-order valence-electron chi connectivity index (χ2n) is 23.1. The van der Waals surface area contributed by atoms with Crippen molar-refractivity contribution in [1.29, 1.82) is 0 Å². The van der Waals surface area contributed by atoms with Gasteiger partial charge in [0.2, 0.25) is 0 Å². The Morgan fingerprint density at radius 2 is 0.824 bits per heavy atom. The van der Waals surface area contributed by atoms with Crippen molar-refractivity contribution < 1.29 is 0 Å². The van der Waals surface area contributed by atoms with Crippen LogP contribution >= 0.6 is 0 Å². The van der Waals surface area contributed by atoms with E-state index in [1.807, 2.05) is 0 Å². The lowest BCUT2D eigenvalue weighted by atomic mass is 9.42. The van der Waals surface area contributed by atoms with Gasteiger partial charge in [-0.1, -0.05) is 171 Å². The first kappa shape index (κ1) is 42.8. The summed E-state index contributed by atoms with van der Waals surface area (Å²) in [5, 5.41) is 0. The highest BCUT2D eigenvalue weighted by molar-refractivity contribution is 6.93. The van der Waals surface area contributed by atoms with Crippen LogP contribution in [0, 0.1) is 6.92 Å². The summed E-state index contributed by atoms with van der Waals surface area (Å²) >= 11 is 0. The summed E-state index contributed by atoms with van der Waals surface area (Å²) in [5.41, 5.74) is 26.5. The Balaban J connectivity index is 1.21. The molecule has 4 aliphatic rings. The SMILES string of the molecule is Cc1cc(-c2ccccc2)ccc1N1c2cc3c(cc2B2c4c(cc(-c5ccccc5)cc41)-c1cc4c(cc1N2c1ccc(-c2ccccc2)cc1)C(C)(C)CCC4(C)C)C(C)(C)CCC3(C)C. The first-order valence-electron chi connectivity index (χ1n) is 25.1. The number of rotatable bonds is 5. The minimum atomic E-state index is -0.0843. The minimum absolute atomic E-state index is 0.0264. The average Bonchev–Trinajstić information content (AvgIpc) is 3.35. The van der Waals surface area contributed by atoms with Gasteiger partial charge >= 0.3 is 6.85 Å². The lowest BCUT2D eigenvalue weighted by Gasteiger charge is -2.50. The molecule has 0 fully saturated rings. The molecular weight excluding hydrogens is 820 g/mol. The molecule has 0 bridgehead atoms. The van der Waals surface area contributed by atoms with Crippen LogP contribution in [0.5, 0.6) is 0 Å². The van der Waals surface area contributed by atoms with Crippen molar-refractivity contribution >= 4 is 46.2 Å². The summed E-state index contributed by atoms with van der Waals surface area (Å²) in [4.78, 5) is 5.43. The van der Waals surface area contributed by atoms with E-state index in [2.05, 4.69) is 242 Å². The van der Waals surface area contributed by atoms with Gasteiger partial charge in [0, 0.05) is 34.0 Å². The van der Waals surface area contributed by atoms with Crippen molar-refractivity contribution in [2.24, 2.45) is 0 Å². The molecule has 0 saturated carbocycles. The van der Waals surface area contributed by atoms with Crippen molar-refractivity contribution in [2.45, 2.75) is 110 Å². The van der Waals surface area contributed by atoms with Gasteiger partial charge in [-0.05, 0) is 187 Å². The number of nitrogens with zero attached hydrogens (tertiary/aromatic N) is 2. The molecular formula is C65H63BN2. The summed E-state index contributed by atoms with van der Waals surface area (Å²) in [6.07, 6.45) is 4.64. The monoisotopic (exact) mass is 883 g/mol. The van der Waals surface area contributed by atoms with Crippen molar-refractivity contribution in [3.05, 3.63) is 198 Å². The lowest BCUT2D eigenvalue weighted by Crippen LogP contribution is -2.62. The zero-order valence-corrected chi connectivity index (χ0v) is 41.5. The van der Waals surface area contributed by atoms with Crippen LogP contribution < -0.4 is 20.6 Å². The van der Waals surface area contributed by atoms with Gasteiger partial charge in [-0.15, -0.1) is 0 Å². The average molecular weight is 883 g/mol. The molecule has 2 nitrogen and oxygen atoms in total. The summed E-state index contributed by atoms with van der Waals surface area (Å²) in [6, 6.07) is 65.1. The second kappa shape index (κ2) is 15.2. The van der Waals surface area contributed by atoms with Crippen molar-refractivity contribution in [1.82, 2.24) is 0 Å². The van der Waals surface area contributed by atoms with Crippen LogP contribution in [0.1, 0.15) is 109 Å². The molecule has 0 unspecified atom stereocenters. The molecule has 0 radical (unpaired) electrons. The van der Waals surface area contributed by atoms with E-state index in [1.54, 1.807) is 0 Å². The molecule has 0 atom stereocenters. The van der Waals surface area contributed by atoms with Gasteiger partial charge < -0.3 is 9.71 Å². The normalized spacial score (nSPS) is 17.6. The number of aryl methyl sites for hydroxylation is 1. The number of fused-ring (bicyclic) bond motifs is 6. The highest BCUT2D eigenvalue weighted by atomic mass is 15.2. The Bertz CT molecular complexity index is 3290. The van der Waals surface area contributed by atoms with Crippen LogP contribution in [0.4, 0.5) is 28.4 Å². The third-order valence-corrected chi connectivity index (χ3v) is 16.9. The van der Waals surface area contributed by atoms with Gasteiger partial charge in [-0.25, -0.2) is 0 Å². The molecule has 2 aliphatic heterocycles. The standard InChI is InChI=1S/C65H63BN2/c1-42-35-47(44-21-15-11-16-22-44)27-30-57(42)67-59-41-55-53(63(4,5)32-34-65(55,8)9)39-56(59)66-61-51(36-48(37-60(61)67)45-23-17-12-18-24-45)50-38-52-54(64(6,7)33-31-62(52,2)3)40-58(50)68(66)49-28-25-46(26-29-49)43-19-13-10-14-20-43/h10-30,35-41H,31-34H2,1-9H3. The second-order valence-corrected chi connectivity index (χ2v) is 23.1. The van der Waals surface area contributed by atoms with E-state index >= 15 is 0 Å². The molecule has 336 valence electrons. The quantitative estimate of drug-likeness (QED) is 0.159. The number of benzene rings is 8. The molecule has 8 aromatic rings. The maximum absolute atomic E-state index is 2.75. The van der Waals surface area contributed by atoms with Crippen LogP contribution in [-0.4, -0.2) is 6.85 Å². The first-order valence-corrected chi connectivity index (χ1v) is 25.1. The van der Waals surface area contributed by atoms with Gasteiger partial charge in [0.05, 0.1) is 0 Å². The molecule has 0 spiro atoms.